The molecular formula is C18H17FO4. The van der Waals surface area contributed by atoms with Crippen molar-refractivity contribution in [2.24, 2.45) is 11.8 Å². The number of benzene rings is 1. The number of halogens is 1. The predicted octanol–water partition coefficient (Wildman–Crippen LogP) is 2.84. The lowest BCUT2D eigenvalue weighted by Crippen LogP contribution is -2.46. The second kappa shape index (κ2) is 5.74. The molecule has 1 saturated heterocycles. The van der Waals surface area contributed by atoms with Crippen LogP contribution in [0.2, 0.25) is 0 Å². The Bertz CT molecular complexity index is 704. The first-order valence-electron chi connectivity index (χ1n) is 7.44. The summed E-state index contributed by atoms with van der Waals surface area (Å²) in [4.78, 5) is 24.9. The van der Waals surface area contributed by atoms with Crippen LogP contribution in [0.25, 0.3) is 0 Å². The lowest BCUT2D eigenvalue weighted by Gasteiger charge is -2.34. The number of allylic oxidation sites excluding steroid dienone is 2. The summed E-state index contributed by atoms with van der Waals surface area (Å²) in [6.45, 7) is 4.10. The molecule has 0 radical (unpaired) electrons. The highest BCUT2D eigenvalue weighted by Gasteiger charge is 2.53. The first-order chi connectivity index (χ1) is 10.9. The number of carbonyl (C=O) groups excluding carboxylic acids is 2. The van der Waals surface area contributed by atoms with Crippen molar-refractivity contribution in [3.8, 4) is 5.75 Å². The largest absolute Gasteiger partial charge is 0.426 e. The molecule has 1 aromatic carbocycles. The van der Waals surface area contributed by atoms with Crippen LogP contribution in [0.4, 0.5) is 4.39 Å². The maximum Gasteiger partial charge on any atom is 0.322 e. The lowest BCUT2D eigenvalue weighted by atomic mass is 9.71. The number of carbonyl (C=O) groups is 2. The third-order valence-corrected chi connectivity index (χ3v) is 4.44. The van der Waals surface area contributed by atoms with Gasteiger partial charge in [-0.2, -0.15) is 0 Å². The number of ether oxygens (including phenoxy) is 2. The van der Waals surface area contributed by atoms with Crippen molar-refractivity contribution in [3.63, 3.8) is 0 Å². The second-order valence-electron chi connectivity index (χ2n) is 5.90. The van der Waals surface area contributed by atoms with E-state index in [2.05, 4.69) is 0 Å². The summed E-state index contributed by atoms with van der Waals surface area (Å²) in [5.74, 6) is -2.49. The van der Waals surface area contributed by atoms with E-state index in [1.165, 1.54) is 30.3 Å². The van der Waals surface area contributed by atoms with Gasteiger partial charge < -0.3 is 9.47 Å². The molecule has 0 N–H and O–H groups in total. The molecule has 5 heteroatoms. The predicted molar refractivity (Wildman–Crippen MR) is 81.3 cm³/mol. The van der Waals surface area contributed by atoms with Crippen LogP contribution in [0.1, 0.15) is 13.8 Å². The molecule has 0 saturated carbocycles. The third kappa shape index (κ3) is 2.72. The molecule has 1 heterocycles. The van der Waals surface area contributed by atoms with Crippen LogP contribution in [0, 0.1) is 17.7 Å². The molecule has 1 unspecified atom stereocenters. The van der Waals surface area contributed by atoms with E-state index in [0.29, 0.717) is 6.61 Å². The van der Waals surface area contributed by atoms with Gasteiger partial charge in [-0.05, 0) is 55.8 Å². The van der Waals surface area contributed by atoms with E-state index < -0.39 is 23.3 Å². The van der Waals surface area contributed by atoms with Gasteiger partial charge in [0.05, 0.1) is 12.2 Å². The molecule has 3 atom stereocenters. The molecule has 23 heavy (non-hydrogen) atoms. The number of fused-ring (bicyclic) bond motifs is 1. The van der Waals surface area contributed by atoms with Gasteiger partial charge in [-0.3, -0.25) is 9.59 Å². The third-order valence-electron chi connectivity index (χ3n) is 4.44. The molecular weight excluding hydrogens is 299 g/mol. The Morgan fingerprint density at radius 1 is 1.39 bits per heavy atom. The Labute approximate surface area is 133 Å². The molecule has 2 aliphatic rings. The van der Waals surface area contributed by atoms with Crippen LogP contribution in [0.5, 0.6) is 5.75 Å². The van der Waals surface area contributed by atoms with Gasteiger partial charge in [-0.25, -0.2) is 4.39 Å². The molecule has 0 amide bonds. The fourth-order valence-corrected chi connectivity index (χ4v) is 3.20. The van der Waals surface area contributed by atoms with Gasteiger partial charge in [0.1, 0.15) is 17.5 Å². The van der Waals surface area contributed by atoms with Crippen LogP contribution >= 0.6 is 0 Å². The number of esters is 1. The van der Waals surface area contributed by atoms with E-state index >= 15 is 0 Å². The van der Waals surface area contributed by atoms with Crippen molar-refractivity contribution < 1.29 is 23.5 Å². The smallest absolute Gasteiger partial charge is 0.322 e. The lowest BCUT2D eigenvalue weighted by molar-refractivity contribution is -0.147. The van der Waals surface area contributed by atoms with Crippen molar-refractivity contribution in [2.75, 3.05) is 6.61 Å². The molecule has 0 aromatic heterocycles. The van der Waals surface area contributed by atoms with E-state index in [9.17, 15) is 14.0 Å². The van der Waals surface area contributed by atoms with Gasteiger partial charge in [0.15, 0.2) is 5.78 Å². The van der Waals surface area contributed by atoms with Gasteiger partial charge in [0.25, 0.3) is 0 Å². The average Bonchev–Trinajstić information content (AvgIpc) is 2.87. The Morgan fingerprint density at radius 2 is 2.09 bits per heavy atom. The zero-order chi connectivity index (χ0) is 16.6. The van der Waals surface area contributed by atoms with Crippen LogP contribution in [-0.2, 0) is 14.3 Å². The highest BCUT2D eigenvalue weighted by Crippen LogP contribution is 2.45. The zero-order valence-electron chi connectivity index (χ0n) is 12.9. The van der Waals surface area contributed by atoms with Crippen LogP contribution < -0.4 is 4.74 Å². The topological polar surface area (TPSA) is 52.6 Å². The van der Waals surface area contributed by atoms with Crippen molar-refractivity contribution in [3.05, 3.63) is 53.9 Å². The Balaban J connectivity index is 1.90. The van der Waals surface area contributed by atoms with Gasteiger partial charge in [-0.15, -0.1) is 0 Å². The molecule has 0 bridgehead atoms. The summed E-state index contributed by atoms with van der Waals surface area (Å²) in [5.41, 5.74) is 0.216. The van der Waals surface area contributed by atoms with Crippen molar-refractivity contribution in [1.82, 2.24) is 0 Å². The summed E-state index contributed by atoms with van der Waals surface area (Å²) in [6, 6.07) is 5.12. The molecule has 4 nitrogen and oxygen atoms in total. The highest BCUT2D eigenvalue weighted by atomic mass is 19.1. The van der Waals surface area contributed by atoms with Crippen LogP contribution in [0.3, 0.4) is 0 Å². The van der Waals surface area contributed by atoms with E-state index in [0.717, 1.165) is 5.57 Å². The monoisotopic (exact) mass is 316 g/mol. The zero-order valence-corrected chi connectivity index (χ0v) is 12.9. The Morgan fingerprint density at radius 3 is 2.74 bits per heavy atom. The van der Waals surface area contributed by atoms with Crippen molar-refractivity contribution in [1.29, 1.82) is 0 Å². The van der Waals surface area contributed by atoms with Gasteiger partial charge in [0.2, 0.25) is 0 Å². The number of ketones is 1. The fourth-order valence-electron chi connectivity index (χ4n) is 3.20. The second-order valence-corrected chi connectivity index (χ2v) is 5.90. The van der Waals surface area contributed by atoms with Gasteiger partial charge in [0, 0.05) is 5.92 Å². The first kappa shape index (κ1) is 15.6. The van der Waals surface area contributed by atoms with Gasteiger partial charge >= 0.3 is 5.97 Å². The summed E-state index contributed by atoms with van der Waals surface area (Å²) in [5, 5.41) is 0. The van der Waals surface area contributed by atoms with E-state index in [4.69, 9.17) is 9.47 Å². The summed E-state index contributed by atoms with van der Waals surface area (Å²) >= 11 is 0. The molecule has 120 valence electrons. The minimum absolute atomic E-state index is 0.210. The minimum atomic E-state index is -0.955. The molecule has 1 aliphatic carbocycles. The van der Waals surface area contributed by atoms with Gasteiger partial charge in [-0.1, -0.05) is 6.08 Å². The van der Waals surface area contributed by atoms with E-state index in [1.807, 2.05) is 19.9 Å². The summed E-state index contributed by atoms with van der Waals surface area (Å²) < 4.78 is 24.0. The molecule has 1 aliphatic heterocycles. The van der Waals surface area contributed by atoms with Crippen LogP contribution in [0.15, 0.2) is 48.1 Å². The number of rotatable bonds is 2. The number of hydrogen-bond acceptors (Lipinski definition) is 4. The Hall–Kier alpha value is -2.27. The highest BCUT2D eigenvalue weighted by molar-refractivity contribution is 6.07. The normalized spacial score (nSPS) is 31.3. The summed E-state index contributed by atoms with van der Waals surface area (Å²) in [6.07, 6.45) is 4.96. The van der Waals surface area contributed by atoms with E-state index in [-0.39, 0.29) is 17.5 Å². The molecule has 3 rings (SSSR count). The molecule has 1 fully saturated rings. The molecule has 0 spiro atoms. The van der Waals surface area contributed by atoms with Crippen molar-refractivity contribution >= 4 is 11.8 Å². The maximum atomic E-state index is 12.9. The van der Waals surface area contributed by atoms with Crippen molar-refractivity contribution in [2.45, 2.75) is 19.4 Å². The SMILES string of the molecule is C/C=C1\CO[C@]2(C)C=CC(=O)[C@@H](C(=O)Oc3ccc(F)cc3)C12. The molecule has 1 aromatic rings. The van der Waals surface area contributed by atoms with E-state index in [1.54, 1.807) is 6.08 Å². The number of hydrogen-bond donors (Lipinski definition) is 0. The average molecular weight is 316 g/mol. The summed E-state index contributed by atoms with van der Waals surface area (Å²) in [7, 11) is 0. The quantitative estimate of drug-likeness (QED) is 0.364. The fraction of sp³-hybridized carbons (Fsp3) is 0.333. The minimum Gasteiger partial charge on any atom is -0.426 e. The maximum absolute atomic E-state index is 12.9. The first-order valence-corrected chi connectivity index (χ1v) is 7.44. The standard InChI is InChI=1S/C18H17FO4/c1-3-11-10-22-18(2)9-8-14(20)15(16(11)18)17(21)23-13-6-4-12(19)5-7-13/h3-9,15-16H,10H2,1-2H3/b11-3+/t15-,16?,18-/m1/s1. The van der Waals surface area contributed by atoms with Crippen LogP contribution in [-0.4, -0.2) is 24.0 Å². The Kier molecular flexibility index (Phi) is 3.90.